The average Bonchev–Trinajstić information content (AvgIpc) is 3.16. The third-order valence-electron chi connectivity index (χ3n) is 4.86. The second-order valence-corrected chi connectivity index (χ2v) is 12.0. The average molecular weight is 512 g/mol. The topological polar surface area (TPSA) is 70.6 Å². The van der Waals surface area contributed by atoms with Gasteiger partial charge in [0, 0.05) is 29.4 Å². The van der Waals surface area contributed by atoms with E-state index in [0.717, 1.165) is 15.1 Å². The van der Waals surface area contributed by atoms with Crippen LogP contribution in [0.5, 0.6) is 0 Å². The number of nitrogens with zero attached hydrogens (tertiary/aromatic N) is 3. The lowest BCUT2D eigenvalue weighted by Crippen LogP contribution is -2.36. The van der Waals surface area contributed by atoms with Crippen LogP contribution < -0.4 is 4.90 Å². The van der Waals surface area contributed by atoms with E-state index in [4.69, 9.17) is 11.6 Å². The van der Waals surface area contributed by atoms with E-state index in [9.17, 15) is 13.2 Å². The molecule has 1 amide bonds. The summed E-state index contributed by atoms with van der Waals surface area (Å²) in [5, 5.41) is 1.13. The number of amides is 1. The zero-order chi connectivity index (χ0) is 23.3. The highest BCUT2D eigenvalue weighted by Gasteiger charge is 2.21. The Hall–Kier alpha value is -1.65. The third kappa shape index (κ3) is 6.45. The summed E-state index contributed by atoms with van der Waals surface area (Å²) in [7, 11) is 0.428. The molecule has 172 valence electrons. The predicted molar refractivity (Wildman–Crippen MR) is 135 cm³/mol. The SMILES string of the molecule is CSc1ccc2nc(N(CCN(C)C)C(=O)CCCS(=O)(=O)c3ccc(Cl)cc3)sc2c1. The Morgan fingerprint density at radius 2 is 1.84 bits per heavy atom. The number of sulfone groups is 1. The first kappa shape index (κ1) is 25.0. The van der Waals surface area contributed by atoms with Gasteiger partial charge in [-0.1, -0.05) is 22.9 Å². The minimum Gasteiger partial charge on any atom is -0.308 e. The summed E-state index contributed by atoms with van der Waals surface area (Å²) in [5.41, 5.74) is 0.857. The molecule has 0 N–H and O–H groups in total. The van der Waals surface area contributed by atoms with E-state index >= 15 is 0 Å². The fraction of sp³-hybridized carbons (Fsp3) is 0.364. The normalized spacial score (nSPS) is 11.9. The van der Waals surface area contributed by atoms with E-state index in [-0.39, 0.29) is 29.4 Å². The number of carbonyl (C=O) groups excluding carboxylic acids is 1. The lowest BCUT2D eigenvalue weighted by molar-refractivity contribution is -0.118. The van der Waals surface area contributed by atoms with Gasteiger partial charge in [-0.15, -0.1) is 11.8 Å². The van der Waals surface area contributed by atoms with Crippen molar-refractivity contribution in [2.45, 2.75) is 22.6 Å². The second kappa shape index (κ2) is 11.0. The van der Waals surface area contributed by atoms with Crippen LogP contribution >= 0.6 is 34.7 Å². The number of fused-ring (bicyclic) bond motifs is 1. The molecule has 0 aliphatic rings. The maximum atomic E-state index is 13.1. The molecule has 0 spiro atoms. The van der Waals surface area contributed by atoms with Crippen molar-refractivity contribution in [3.63, 3.8) is 0 Å². The number of hydrogen-bond acceptors (Lipinski definition) is 7. The monoisotopic (exact) mass is 511 g/mol. The molecule has 32 heavy (non-hydrogen) atoms. The first-order chi connectivity index (χ1) is 15.2. The van der Waals surface area contributed by atoms with Gasteiger partial charge >= 0.3 is 0 Å². The second-order valence-electron chi connectivity index (χ2n) is 7.56. The van der Waals surface area contributed by atoms with Crippen LogP contribution in [0.2, 0.25) is 5.02 Å². The van der Waals surface area contributed by atoms with Crippen LogP contribution in [0, 0.1) is 0 Å². The molecular formula is C22H26ClN3O3S3. The zero-order valence-corrected chi connectivity index (χ0v) is 21.5. The summed E-state index contributed by atoms with van der Waals surface area (Å²) >= 11 is 8.99. The fourth-order valence-corrected chi connectivity index (χ4v) is 6.07. The van der Waals surface area contributed by atoms with E-state index in [1.807, 2.05) is 37.4 Å². The van der Waals surface area contributed by atoms with Gasteiger partial charge in [0.2, 0.25) is 5.91 Å². The minimum absolute atomic E-state index is 0.0984. The van der Waals surface area contributed by atoms with E-state index in [0.29, 0.717) is 23.2 Å². The predicted octanol–water partition coefficient (Wildman–Crippen LogP) is 4.82. The van der Waals surface area contributed by atoms with Crippen LogP contribution in [-0.2, 0) is 14.6 Å². The van der Waals surface area contributed by atoms with Gasteiger partial charge in [-0.2, -0.15) is 0 Å². The molecule has 0 atom stereocenters. The standard InChI is InChI=1S/C22H26ClN3O3S3/c1-25(2)12-13-26(22-24-19-11-8-17(30-3)15-20(19)31-22)21(27)5-4-14-32(28,29)18-9-6-16(23)7-10-18/h6-11,15H,4-5,12-14H2,1-3H3. The van der Waals surface area contributed by atoms with Gasteiger partial charge in [0.15, 0.2) is 15.0 Å². The molecule has 3 rings (SSSR count). The number of carbonyl (C=O) groups is 1. The number of benzene rings is 2. The van der Waals surface area contributed by atoms with Crippen molar-refractivity contribution in [3.8, 4) is 0 Å². The zero-order valence-electron chi connectivity index (χ0n) is 18.2. The van der Waals surface area contributed by atoms with Crippen LogP contribution in [0.3, 0.4) is 0 Å². The molecule has 0 radical (unpaired) electrons. The number of hydrogen-bond donors (Lipinski definition) is 0. The Labute approximate surface area is 202 Å². The van der Waals surface area contributed by atoms with Gasteiger partial charge in [0.05, 0.1) is 20.9 Å². The van der Waals surface area contributed by atoms with Crippen LogP contribution in [-0.4, -0.2) is 63.4 Å². The van der Waals surface area contributed by atoms with Gasteiger partial charge in [-0.3, -0.25) is 9.69 Å². The van der Waals surface area contributed by atoms with Gasteiger partial charge in [-0.25, -0.2) is 13.4 Å². The van der Waals surface area contributed by atoms with Crippen molar-refractivity contribution in [1.29, 1.82) is 0 Å². The Bertz CT molecular complexity index is 1180. The number of thioether (sulfide) groups is 1. The van der Waals surface area contributed by atoms with E-state index in [2.05, 4.69) is 11.1 Å². The number of anilines is 1. The number of likely N-dealkylation sites (N-methyl/N-ethyl adjacent to an activating group) is 1. The highest BCUT2D eigenvalue weighted by Crippen LogP contribution is 2.32. The van der Waals surface area contributed by atoms with Crippen molar-refractivity contribution in [2.75, 3.05) is 44.1 Å². The number of halogens is 1. The molecule has 3 aromatic rings. The smallest absolute Gasteiger partial charge is 0.228 e. The molecule has 0 aliphatic heterocycles. The molecule has 0 bridgehead atoms. The molecule has 0 saturated carbocycles. The van der Waals surface area contributed by atoms with Crippen molar-refractivity contribution in [1.82, 2.24) is 9.88 Å². The summed E-state index contributed by atoms with van der Waals surface area (Å²) in [4.78, 5) is 22.8. The first-order valence-electron chi connectivity index (χ1n) is 10.1. The largest absolute Gasteiger partial charge is 0.308 e. The van der Waals surface area contributed by atoms with Crippen molar-refractivity contribution in [2.24, 2.45) is 0 Å². The van der Waals surface area contributed by atoms with E-state index in [1.54, 1.807) is 28.8 Å². The quantitative estimate of drug-likeness (QED) is 0.363. The van der Waals surface area contributed by atoms with Crippen molar-refractivity contribution < 1.29 is 13.2 Å². The molecule has 1 aromatic heterocycles. The summed E-state index contributed by atoms with van der Waals surface area (Å²) in [6, 6.07) is 12.2. The molecule has 6 nitrogen and oxygen atoms in total. The van der Waals surface area contributed by atoms with Crippen LogP contribution in [0.25, 0.3) is 10.2 Å². The highest BCUT2D eigenvalue weighted by molar-refractivity contribution is 7.98. The Balaban J connectivity index is 1.72. The maximum Gasteiger partial charge on any atom is 0.228 e. The first-order valence-corrected chi connectivity index (χ1v) is 14.1. The molecular weight excluding hydrogens is 486 g/mol. The maximum absolute atomic E-state index is 13.1. The number of aromatic nitrogens is 1. The third-order valence-corrected chi connectivity index (χ3v) is 8.70. The fourth-order valence-electron chi connectivity index (χ4n) is 3.07. The molecule has 0 aliphatic carbocycles. The van der Waals surface area contributed by atoms with Gasteiger partial charge in [0.1, 0.15) is 0 Å². The van der Waals surface area contributed by atoms with E-state index in [1.165, 1.54) is 23.5 Å². The number of rotatable bonds is 10. The summed E-state index contributed by atoms with van der Waals surface area (Å²) < 4.78 is 26.2. The van der Waals surface area contributed by atoms with Gasteiger partial charge < -0.3 is 4.90 Å². The van der Waals surface area contributed by atoms with Crippen LogP contribution in [0.1, 0.15) is 12.8 Å². The van der Waals surface area contributed by atoms with Crippen LogP contribution in [0.15, 0.2) is 52.3 Å². The summed E-state index contributed by atoms with van der Waals surface area (Å²) in [5.74, 6) is -0.221. The summed E-state index contributed by atoms with van der Waals surface area (Å²) in [6.07, 6.45) is 2.39. The Kier molecular flexibility index (Phi) is 8.57. The van der Waals surface area contributed by atoms with Crippen LogP contribution in [0.4, 0.5) is 5.13 Å². The van der Waals surface area contributed by atoms with E-state index < -0.39 is 9.84 Å². The molecule has 10 heteroatoms. The van der Waals surface area contributed by atoms with Crippen molar-refractivity contribution in [3.05, 3.63) is 47.5 Å². The van der Waals surface area contributed by atoms with Gasteiger partial charge in [0.25, 0.3) is 0 Å². The molecule has 0 unspecified atom stereocenters. The Morgan fingerprint density at radius 1 is 1.12 bits per heavy atom. The van der Waals surface area contributed by atoms with Crippen molar-refractivity contribution >= 4 is 65.8 Å². The molecule has 0 saturated heterocycles. The lowest BCUT2D eigenvalue weighted by atomic mass is 10.3. The molecule has 1 heterocycles. The van der Waals surface area contributed by atoms with Gasteiger partial charge in [-0.05, 0) is 69.2 Å². The number of thiazole rings is 1. The Morgan fingerprint density at radius 3 is 2.50 bits per heavy atom. The molecule has 0 fully saturated rings. The highest BCUT2D eigenvalue weighted by atomic mass is 35.5. The molecule has 2 aromatic carbocycles. The summed E-state index contributed by atoms with van der Waals surface area (Å²) in [6.45, 7) is 1.17. The minimum atomic E-state index is -3.47. The lowest BCUT2D eigenvalue weighted by Gasteiger charge is -2.22.